The molecule has 0 unspecified atom stereocenters. The van der Waals surface area contributed by atoms with Crippen LogP contribution in [0.4, 0.5) is 10.1 Å². The summed E-state index contributed by atoms with van der Waals surface area (Å²) in [5, 5.41) is 2.39. The number of rotatable bonds is 4. The maximum Gasteiger partial charge on any atom is 0.348 e. The molecule has 136 valence electrons. The summed E-state index contributed by atoms with van der Waals surface area (Å²) in [6.45, 7) is -0.466. The maximum absolute atomic E-state index is 13.5. The zero-order valence-electron chi connectivity index (χ0n) is 14.3. The van der Waals surface area contributed by atoms with E-state index >= 15 is 0 Å². The third-order valence-electron chi connectivity index (χ3n) is 4.42. The summed E-state index contributed by atoms with van der Waals surface area (Å²) >= 11 is 1.38. The van der Waals surface area contributed by atoms with Gasteiger partial charge in [-0.05, 0) is 47.7 Å². The molecule has 1 aromatic heterocycles. The van der Waals surface area contributed by atoms with Gasteiger partial charge in [-0.1, -0.05) is 36.4 Å². The molecule has 0 spiro atoms. The lowest BCUT2D eigenvalue weighted by atomic mass is 9.91. The van der Waals surface area contributed by atoms with E-state index in [2.05, 4.69) is 17.4 Å². The molecule has 4 nitrogen and oxygen atoms in total. The Kier molecular flexibility index (Phi) is 4.73. The molecule has 0 radical (unpaired) electrons. The number of nitrogens with one attached hydrogen (secondary N) is 1. The van der Waals surface area contributed by atoms with Gasteiger partial charge in [0.1, 0.15) is 10.7 Å². The fraction of sp³-hybridized carbons (Fsp3) is 0.143. The van der Waals surface area contributed by atoms with Crippen LogP contribution >= 0.6 is 11.3 Å². The van der Waals surface area contributed by atoms with Gasteiger partial charge in [0.2, 0.25) is 0 Å². The highest BCUT2D eigenvalue weighted by Gasteiger charge is 2.22. The molecule has 0 bridgehead atoms. The zero-order valence-corrected chi connectivity index (χ0v) is 15.1. The molecular formula is C21H16FNO3S. The second-order valence-electron chi connectivity index (χ2n) is 6.23. The lowest BCUT2D eigenvalue weighted by Crippen LogP contribution is -2.21. The summed E-state index contributed by atoms with van der Waals surface area (Å²) in [6.07, 6.45) is 1.82. The number of ether oxygens (including phenoxy) is 1. The first-order valence-electron chi connectivity index (χ1n) is 8.54. The van der Waals surface area contributed by atoms with Gasteiger partial charge in [0.05, 0.1) is 5.69 Å². The summed E-state index contributed by atoms with van der Waals surface area (Å²) in [5.74, 6) is -1.67. The molecule has 1 N–H and O–H groups in total. The number of fused-ring (bicyclic) bond motifs is 3. The predicted molar refractivity (Wildman–Crippen MR) is 102 cm³/mol. The van der Waals surface area contributed by atoms with Crippen LogP contribution in [0, 0.1) is 5.82 Å². The van der Waals surface area contributed by atoms with Gasteiger partial charge in [0, 0.05) is 4.88 Å². The Morgan fingerprint density at radius 2 is 1.78 bits per heavy atom. The van der Waals surface area contributed by atoms with Crippen molar-refractivity contribution < 1.29 is 18.7 Å². The molecule has 3 aromatic rings. The topological polar surface area (TPSA) is 55.4 Å². The Morgan fingerprint density at radius 1 is 1.04 bits per heavy atom. The minimum absolute atomic E-state index is 0.0572. The van der Waals surface area contributed by atoms with E-state index in [0.29, 0.717) is 4.88 Å². The van der Waals surface area contributed by atoms with Crippen LogP contribution in [0.15, 0.2) is 54.6 Å². The van der Waals surface area contributed by atoms with Crippen molar-refractivity contribution in [1.29, 1.82) is 0 Å². The van der Waals surface area contributed by atoms with Crippen LogP contribution in [0.25, 0.3) is 10.4 Å². The number of para-hydroxylation sites is 1. The number of benzene rings is 2. The number of carbonyl (C=O) groups is 2. The first-order chi connectivity index (χ1) is 13.1. The van der Waals surface area contributed by atoms with Gasteiger partial charge in [-0.3, -0.25) is 4.79 Å². The van der Waals surface area contributed by atoms with Crippen molar-refractivity contribution in [2.45, 2.75) is 12.8 Å². The SMILES string of the molecule is O=C(COC(=O)c1cc2c(s1)-c1ccccc1CC2)Nc1ccccc1F. The summed E-state index contributed by atoms with van der Waals surface area (Å²) < 4.78 is 18.6. The number of hydrogen-bond acceptors (Lipinski definition) is 4. The molecule has 6 heteroatoms. The fourth-order valence-electron chi connectivity index (χ4n) is 3.12. The third kappa shape index (κ3) is 3.61. The normalized spacial score (nSPS) is 12.0. The largest absolute Gasteiger partial charge is 0.451 e. The molecule has 27 heavy (non-hydrogen) atoms. The number of esters is 1. The number of carbonyl (C=O) groups excluding carboxylic acids is 2. The Balaban J connectivity index is 1.42. The Hall–Kier alpha value is -2.99. The minimum atomic E-state index is -0.583. The third-order valence-corrected chi connectivity index (χ3v) is 5.61. The molecular weight excluding hydrogens is 365 g/mol. The number of hydrogen-bond donors (Lipinski definition) is 1. The molecule has 1 amide bonds. The van der Waals surface area contributed by atoms with Crippen LogP contribution in [0.3, 0.4) is 0 Å². The molecule has 0 saturated carbocycles. The van der Waals surface area contributed by atoms with E-state index in [1.165, 1.54) is 35.1 Å². The second kappa shape index (κ2) is 7.32. The molecule has 1 heterocycles. The first-order valence-corrected chi connectivity index (χ1v) is 9.36. The van der Waals surface area contributed by atoms with Crippen LogP contribution in [-0.2, 0) is 22.4 Å². The molecule has 1 aliphatic carbocycles. The van der Waals surface area contributed by atoms with Crippen molar-refractivity contribution in [1.82, 2.24) is 0 Å². The van der Waals surface area contributed by atoms with E-state index in [-0.39, 0.29) is 5.69 Å². The van der Waals surface area contributed by atoms with Crippen molar-refractivity contribution >= 4 is 28.9 Å². The number of anilines is 1. The smallest absolute Gasteiger partial charge is 0.348 e. The maximum atomic E-state index is 13.5. The second-order valence-corrected chi connectivity index (χ2v) is 7.28. The van der Waals surface area contributed by atoms with E-state index in [4.69, 9.17) is 4.74 Å². The lowest BCUT2D eigenvalue weighted by molar-refractivity contribution is -0.119. The van der Waals surface area contributed by atoms with Crippen LogP contribution in [0.5, 0.6) is 0 Å². The van der Waals surface area contributed by atoms with Gasteiger partial charge < -0.3 is 10.1 Å². The van der Waals surface area contributed by atoms with Gasteiger partial charge >= 0.3 is 5.97 Å². The Labute approximate surface area is 159 Å². The van der Waals surface area contributed by atoms with Crippen molar-refractivity contribution in [3.8, 4) is 10.4 Å². The van der Waals surface area contributed by atoms with Crippen LogP contribution in [0.2, 0.25) is 0 Å². The van der Waals surface area contributed by atoms with Gasteiger partial charge in [0.15, 0.2) is 6.61 Å². The van der Waals surface area contributed by atoms with E-state index in [9.17, 15) is 14.0 Å². The number of amides is 1. The number of halogens is 1. The highest BCUT2D eigenvalue weighted by Crippen LogP contribution is 2.39. The molecule has 1 aliphatic rings. The molecule has 4 rings (SSSR count). The lowest BCUT2D eigenvalue weighted by Gasteiger charge is -2.15. The van der Waals surface area contributed by atoms with Crippen molar-refractivity contribution in [2.24, 2.45) is 0 Å². The fourth-order valence-corrected chi connectivity index (χ4v) is 4.29. The van der Waals surface area contributed by atoms with Crippen molar-refractivity contribution in [2.75, 3.05) is 11.9 Å². The van der Waals surface area contributed by atoms with Gasteiger partial charge in [-0.15, -0.1) is 11.3 Å². The van der Waals surface area contributed by atoms with E-state index in [0.717, 1.165) is 28.8 Å². The van der Waals surface area contributed by atoms with E-state index in [1.54, 1.807) is 6.07 Å². The first kappa shape index (κ1) is 17.4. The summed E-state index contributed by atoms with van der Waals surface area (Å²) in [6, 6.07) is 15.8. The Bertz CT molecular complexity index is 1030. The van der Waals surface area contributed by atoms with Gasteiger partial charge in [0.25, 0.3) is 5.91 Å². The predicted octanol–water partition coefficient (Wildman–Crippen LogP) is 4.45. The zero-order chi connectivity index (χ0) is 18.8. The molecule has 0 fully saturated rings. The quantitative estimate of drug-likeness (QED) is 0.680. The highest BCUT2D eigenvalue weighted by atomic mass is 32.1. The van der Waals surface area contributed by atoms with E-state index in [1.807, 2.05) is 18.2 Å². The van der Waals surface area contributed by atoms with Crippen LogP contribution in [-0.4, -0.2) is 18.5 Å². The van der Waals surface area contributed by atoms with E-state index < -0.39 is 24.3 Å². The van der Waals surface area contributed by atoms with Crippen molar-refractivity contribution in [3.05, 3.63) is 76.4 Å². The minimum Gasteiger partial charge on any atom is -0.451 e. The van der Waals surface area contributed by atoms with Gasteiger partial charge in [-0.25, -0.2) is 9.18 Å². The van der Waals surface area contributed by atoms with Crippen LogP contribution in [0.1, 0.15) is 20.8 Å². The Morgan fingerprint density at radius 3 is 2.63 bits per heavy atom. The van der Waals surface area contributed by atoms with Gasteiger partial charge in [-0.2, -0.15) is 0 Å². The average Bonchev–Trinajstić information content (AvgIpc) is 3.13. The monoisotopic (exact) mass is 381 g/mol. The molecule has 0 saturated heterocycles. The summed E-state index contributed by atoms with van der Waals surface area (Å²) in [7, 11) is 0. The average molecular weight is 381 g/mol. The molecule has 0 aliphatic heterocycles. The number of aryl methyl sites for hydroxylation is 2. The molecule has 2 aromatic carbocycles. The summed E-state index contributed by atoms with van der Waals surface area (Å²) in [4.78, 5) is 25.8. The van der Waals surface area contributed by atoms with Crippen molar-refractivity contribution in [3.63, 3.8) is 0 Å². The standard InChI is InChI=1S/C21H16FNO3S/c22-16-7-3-4-8-17(16)23-19(24)12-26-21(25)18-11-14-10-9-13-5-1-2-6-15(13)20(14)27-18/h1-8,11H,9-10,12H2,(H,23,24). The molecule has 0 atom stereocenters. The van der Waals surface area contributed by atoms with Crippen LogP contribution < -0.4 is 5.32 Å². The number of thiophene rings is 1. The highest BCUT2D eigenvalue weighted by molar-refractivity contribution is 7.17. The summed E-state index contributed by atoms with van der Waals surface area (Å²) in [5.41, 5.74) is 3.61.